The molecule has 1 atom stereocenters. The van der Waals surface area contributed by atoms with E-state index in [0.29, 0.717) is 16.9 Å². The smallest absolute Gasteiger partial charge is 0.269 e. The molecular weight excluding hydrogens is 390 g/mol. The van der Waals surface area contributed by atoms with Gasteiger partial charge in [0.2, 0.25) is 10.0 Å². The van der Waals surface area contributed by atoms with E-state index in [4.69, 9.17) is 9.94 Å². The molecule has 0 spiro atoms. The number of methoxy groups -OCH3 is 1. The highest BCUT2D eigenvalue weighted by Crippen LogP contribution is 2.31. The second-order valence-electron chi connectivity index (χ2n) is 6.13. The molecule has 11 heteroatoms. The van der Waals surface area contributed by atoms with Crippen LogP contribution in [0, 0.1) is 10.1 Å². The number of nitro benzene ring substituents is 1. The number of amides is 1. The molecule has 0 bridgehead atoms. The molecule has 0 aromatic heterocycles. The molecule has 0 saturated carbocycles. The fourth-order valence-corrected chi connectivity index (χ4v) is 4.66. The van der Waals surface area contributed by atoms with E-state index in [1.54, 1.807) is 0 Å². The van der Waals surface area contributed by atoms with Gasteiger partial charge in [-0.05, 0) is 41.8 Å². The van der Waals surface area contributed by atoms with Crippen LogP contribution in [0.2, 0.25) is 0 Å². The van der Waals surface area contributed by atoms with E-state index in [1.807, 2.05) is 0 Å². The van der Waals surface area contributed by atoms with Gasteiger partial charge in [-0.2, -0.15) is 4.31 Å². The van der Waals surface area contributed by atoms with Crippen molar-refractivity contribution in [1.29, 1.82) is 0 Å². The molecule has 2 aromatic rings. The average Bonchev–Trinajstić information content (AvgIpc) is 2.71. The largest absolute Gasteiger partial charge is 0.497 e. The standard InChI is InChI=1S/C17H17N3O7S/c1-27-14-4-6-15(7-5-14)28(25,26)19-10-12-8-13(20(23)24)3-2-11(12)9-16(19)17(21)18-22/h2-8,16,22H,9-10H2,1H3,(H,18,21)/t16-/m1/s1. The van der Waals surface area contributed by atoms with Crippen molar-refractivity contribution >= 4 is 21.6 Å². The van der Waals surface area contributed by atoms with Crippen LogP contribution in [-0.2, 0) is 27.8 Å². The number of benzene rings is 2. The van der Waals surface area contributed by atoms with Gasteiger partial charge in [0.15, 0.2) is 0 Å². The SMILES string of the molecule is COc1ccc(S(=O)(=O)N2Cc3cc([N+](=O)[O-])ccc3C[C@@H]2C(=O)NO)cc1. The lowest BCUT2D eigenvalue weighted by Crippen LogP contribution is -2.51. The highest BCUT2D eigenvalue weighted by atomic mass is 32.2. The number of sulfonamides is 1. The summed E-state index contributed by atoms with van der Waals surface area (Å²) in [5.41, 5.74) is 2.34. The lowest BCUT2D eigenvalue weighted by molar-refractivity contribution is -0.385. The highest BCUT2D eigenvalue weighted by Gasteiger charge is 2.40. The number of nitro groups is 1. The van der Waals surface area contributed by atoms with E-state index >= 15 is 0 Å². The maximum absolute atomic E-state index is 13.1. The number of carbonyl (C=O) groups is 1. The summed E-state index contributed by atoms with van der Waals surface area (Å²) in [6.07, 6.45) is -0.0326. The first-order valence-corrected chi connectivity index (χ1v) is 9.58. The van der Waals surface area contributed by atoms with Crippen LogP contribution < -0.4 is 10.2 Å². The van der Waals surface area contributed by atoms with Crippen molar-refractivity contribution in [2.75, 3.05) is 7.11 Å². The zero-order valence-corrected chi connectivity index (χ0v) is 15.5. The first-order chi connectivity index (χ1) is 13.3. The van der Waals surface area contributed by atoms with Crippen LogP contribution in [0.5, 0.6) is 5.75 Å². The predicted octanol–water partition coefficient (Wildman–Crippen LogP) is 1.22. The van der Waals surface area contributed by atoms with Crippen LogP contribution in [0.15, 0.2) is 47.4 Å². The third-order valence-electron chi connectivity index (χ3n) is 4.57. The molecule has 0 aliphatic carbocycles. The van der Waals surface area contributed by atoms with Gasteiger partial charge in [-0.1, -0.05) is 6.07 Å². The van der Waals surface area contributed by atoms with Gasteiger partial charge in [-0.15, -0.1) is 0 Å². The summed E-state index contributed by atoms with van der Waals surface area (Å²) in [7, 11) is -2.69. The van der Waals surface area contributed by atoms with Crippen molar-refractivity contribution in [2.24, 2.45) is 0 Å². The molecule has 1 amide bonds. The maximum Gasteiger partial charge on any atom is 0.269 e. The van der Waals surface area contributed by atoms with Gasteiger partial charge in [-0.3, -0.25) is 20.1 Å². The van der Waals surface area contributed by atoms with Gasteiger partial charge in [0.25, 0.3) is 11.6 Å². The second-order valence-corrected chi connectivity index (χ2v) is 8.02. The quantitative estimate of drug-likeness (QED) is 0.432. The van der Waals surface area contributed by atoms with Crippen molar-refractivity contribution in [2.45, 2.75) is 23.9 Å². The molecular formula is C17H17N3O7S. The number of hydroxylamine groups is 1. The van der Waals surface area contributed by atoms with E-state index in [2.05, 4.69) is 0 Å². The average molecular weight is 407 g/mol. The molecule has 2 aromatic carbocycles. The number of non-ortho nitro benzene ring substituents is 1. The lowest BCUT2D eigenvalue weighted by Gasteiger charge is -2.34. The third-order valence-corrected chi connectivity index (χ3v) is 6.44. The summed E-state index contributed by atoms with van der Waals surface area (Å²) >= 11 is 0. The van der Waals surface area contributed by atoms with Gasteiger partial charge < -0.3 is 4.74 Å². The summed E-state index contributed by atoms with van der Waals surface area (Å²) in [5, 5.41) is 20.1. The van der Waals surface area contributed by atoms with E-state index < -0.39 is 26.9 Å². The molecule has 2 N–H and O–H groups in total. The minimum Gasteiger partial charge on any atom is -0.497 e. The molecule has 0 radical (unpaired) electrons. The molecule has 148 valence electrons. The highest BCUT2D eigenvalue weighted by molar-refractivity contribution is 7.89. The summed E-state index contributed by atoms with van der Waals surface area (Å²) < 4.78 is 32.2. The number of rotatable bonds is 5. The Kier molecular flexibility index (Phi) is 5.31. The van der Waals surface area contributed by atoms with Gasteiger partial charge in [-0.25, -0.2) is 13.9 Å². The van der Waals surface area contributed by atoms with Crippen LogP contribution in [0.3, 0.4) is 0 Å². The second kappa shape index (κ2) is 7.54. The van der Waals surface area contributed by atoms with Crippen LogP contribution in [0.4, 0.5) is 5.69 Å². The Morgan fingerprint density at radius 2 is 1.93 bits per heavy atom. The summed E-state index contributed by atoms with van der Waals surface area (Å²) in [6.45, 7) is -0.247. The monoisotopic (exact) mass is 407 g/mol. The molecule has 10 nitrogen and oxygen atoms in total. The predicted molar refractivity (Wildman–Crippen MR) is 96.2 cm³/mol. The van der Waals surface area contributed by atoms with Gasteiger partial charge in [0.05, 0.1) is 16.9 Å². The molecule has 0 saturated heterocycles. The normalized spacial score (nSPS) is 16.9. The van der Waals surface area contributed by atoms with E-state index in [-0.39, 0.29) is 23.5 Å². The first-order valence-electron chi connectivity index (χ1n) is 8.14. The van der Waals surface area contributed by atoms with Crippen molar-refractivity contribution in [3.8, 4) is 5.75 Å². The number of fused-ring (bicyclic) bond motifs is 1. The number of hydrogen-bond donors (Lipinski definition) is 2. The number of nitrogens with zero attached hydrogens (tertiary/aromatic N) is 2. The summed E-state index contributed by atoms with van der Waals surface area (Å²) in [6, 6.07) is 8.48. The Hall–Kier alpha value is -3.02. The van der Waals surface area contributed by atoms with E-state index in [0.717, 1.165) is 4.31 Å². The zero-order valence-electron chi connectivity index (χ0n) is 14.7. The summed E-state index contributed by atoms with van der Waals surface area (Å²) in [5.74, 6) is -0.427. The topological polar surface area (TPSA) is 139 Å². The van der Waals surface area contributed by atoms with Crippen molar-refractivity contribution in [1.82, 2.24) is 9.79 Å². The Balaban J connectivity index is 2.06. The zero-order chi connectivity index (χ0) is 20.5. The van der Waals surface area contributed by atoms with Crippen LogP contribution >= 0.6 is 0 Å². The number of ether oxygens (including phenoxy) is 1. The van der Waals surface area contributed by atoms with Crippen LogP contribution in [0.25, 0.3) is 0 Å². The van der Waals surface area contributed by atoms with Gasteiger partial charge >= 0.3 is 0 Å². The third kappa shape index (κ3) is 3.54. The minimum atomic E-state index is -4.13. The van der Waals surface area contributed by atoms with E-state index in [9.17, 15) is 23.3 Å². The number of carbonyl (C=O) groups excluding carboxylic acids is 1. The molecule has 1 aliphatic rings. The molecule has 28 heavy (non-hydrogen) atoms. The van der Waals surface area contributed by atoms with Crippen molar-refractivity contribution < 1.29 is 28.1 Å². The Bertz CT molecular complexity index is 1020. The fourth-order valence-electron chi connectivity index (χ4n) is 3.09. The first kappa shape index (κ1) is 19.7. The molecule has 0 unspecified atom stereocenters. The lowest BCUT2D eigenvalue weighted by atomic mass is 9.95. The van der Waals surface area contributed by atoms with Gasteiger partial charge in [0, 0.05) is 18.7 Å². The minimum absolute atomic E-state index is 0.0326. The van der Waals surface area contributed by atoms with Crippen molar-refractivity contribution in [3.05, 3.63) is 63.7 Å². The molecule has 1 aliphatic heterocycles. The summed E-state index contributed by atoms with van der Waals surface area (Å²) in [4.78, 5) is 22.5. The fraction of sp³-hybridized carbons (Fsp3) is 0.235. The Morgan fingerprint density at radius 3 is 2.50 bits per heavy atom. The molecule has 3 rings (SSSR count). The number of nitrogens with one attached hydrogen (secondary N) is 1. The molecule has 0 fully saturated rings. The maximum atomic E-state index is 13.1. The van der Waals surface area contributed by atoms with Crippen molar-refractivity contribution in [3.63, 3.8) is 0 Å². The van der Waals surface area contributed by atoms with Crippen LogP contribution in [-0.4, -0.2) is 41.9 Å². The molecule has 1 heterocycles. The number of hydrogen-bond acceptors (Lipinski definition) is 7. The van der Waals surface area contributed by atoms with E-state index in [1.165, 1.54) is 55.1 Å². The Labute approximate surface area is 160 Å². The Morgan fingerprint density at radius 1 is 1.25 bits per heavy atom. The van der Waals surface area contributed by atoms with Crippen LogP contribution in [0.1, 0.15) is 11.1 Å². The van der Waals surface area contributed by atoms with Gasteiger partial charge in [0.1, 0.15) is 11.8 Å².